The van der Waals surface area contributed by atoms with E-state index in [-0.39, 0.29) is 12.5 Å². The zero-order valence-corrected chi connectivity index (χ0v) is 35.1. The topological polar surface area (TPSA) is 69.6 Å². The summed E-state index contributed by atoms with van der Waals surface area (Å²) in [5, 5.41) is 22.9. The van der Waals surface area contributed by atoms with Crippen molar-refractivity contribution in [3.8, 4) is 0 Å². The quantitative estimate of drug-likeness (QED) is 0.0437. The molecule has 2 unspecified atom stereocenters. The van der Waals surface area contributed by atoms with Gasteiger partial charge in [-0.2, -0.15) is 0 Å². The molecule has 0 aromatic rings. The van der Waals surface area contributed by atoms with Crippen LogP contribution in [0.3, 0.4) is 0 Å². The molecule has 0 aliphatic heterocycles. The van der Waals surface area contributed by atoms with Crippen LogP contribution in [0.5, 0.6) is 0 Å². The number of amides is 1. The van der Waals surface area contributed by atoms with Crippen molar-refractivity contribution in [1.29, 1.82) is 0 Å². The lowest BCUT2D eigenvalue weighted by Gasteiger charge is -2.19. The first-order chi connectivity index (χ1) is 27.2. The average Bonchev–Trinajstić information content (AvgIpc) is 3.19. The summed E-state index contributed by atoms with van der Waals surface area (Å²) in [6.07, 6.45) is 71.3. The van der Waals surface area contributed by atoms with Crippen LogP contribution in [0.4, 0.5) is 0 Å². The standard InChI is InChI=1S/C51H81NO3/c1-3-5-7-9-11-13-15-17-18-19-20-21-22-23-24-25-26-27-28-29-30-31-32-33-34-35-37-39-41-43-45-47-51(55)52-49(48-53)50(54)46-44-42-40-38-36-16-14-12-10-8-6-4-2/h5,7,11,13,17-18,20-21,23-24,26-27,29-30,32-33,35-38,44,46,49-50,53-54H,3-4,6,8-10,12,14-16,19,22,25,28,31,34,39-43,45,47-48H2,1-2H3,(H,52,55)/b7-5-,13-11-,18-17-,21-20-,24-23-,27-26-,30-29-,33-32-,37-35-,38-36+,46-44+. The maximum Gasteiger partial charge on any atom is 0.220 e. The molecule has 0 spiro atoms. The highest BCUT2D eigenvalue weighted by molar-refractivity contribution is 5.76. The summed E-state index contributed by atoms with van der Waals surface area (Å²) in [4.78, 5) is 12.3. The first-order valence-electron chi connectivity index (χ1n) is 21.9. The molecular weight excluding hydrogens is 675 g/mol. The van der Waals surface area contributed by atoms with Crippen molar-refractivity contribution >= 4 is 5.91 Å². The Morgan fingerprint density at radius 2 is 0.818 bits per heavy atom. The summed E-state index contributed by atoms with van der Waals surface area (Å²) < 4.78 is 0. The molecule has 1 amide bonds. The molecule has 0 fully saturated rings. The third-order valence-corrected chi connectivity index (χ3v) is 8.87. The van der Waals surface area contributed by atoms with Crippen molar-refractivity contribution in [3.63, 3.8) is 0 Å². The number of nitrogens with one attached hydrogen (secondary N) is 1. The SMILES string of the molecule is CC/C=C\C/C=C\C/C=C\C/C=C\C/C=C\C/C=C\C/C=C\C/C=C\C/C=C\CCCCCC(=O)NC(CO)C(O)/C=C/CC/C=C/CCCCCCCC. The zero-order valence-electron chi connectivity index (χ0n) is 35.1. The number of carbonyl (C=O) groups excluding carboxylic acids is 1. The highest BCUT2D eigenvalue weighted by atomic mass is 16.3. The van der Waals surface area contributed by atoms with Gasteiger partial charge in [0.25, 0.3) is 0 Å². The smallest absolute Gasteiger partial charge is 0.220 e. The van der Waals surface area contributed by atoms with Gasteiger partial charge in [0.2, 0.25) is 5.91 Å². The number of hydrogen-bond acceptors (Lipinski definition) is 3. The molecule has 0 aromatic heterocycles. The van der Waals surface area contributed by atoms with E-state index in [9.17, 15) is 15.0 Å². The third kappa shape index (κ3) is 41.5. The van der Waals surface area contributed by atoms with Crippen LogP contribution < -0.4 is 5.32 Å². The van der Waals surface area contributed by atoms with Gasteiger partial charge in [0.1, 0.15) is 0 Å². The number of aliphatic hydroxyl groups is 2. The first-order valence-corrected chi connectivity index (χ1v) is 21.9. The van der Waals surface area contributed by atoms with E-state index in [4.69, 9.17) is 0 Å². The summed E-state index contributed by atoms with van der Waals surface area (Å²) >= 11 is 0. The van der Waals surface area contributed by atoms with E-state index in [1.165, 1.54) is 38.5 Å². The second-order valence-corrected chi connectivity index (χ2v) is 14.0. The molecule has 0 aliphatic rings. The molecule has 0 bridgehead atoms. The average molecular weight is 756 g/mol. The highest BCUT2D eigenvalue weighted by Gasteiger charge is 2.17. The van der Waals surface area contributed by atoms with Crippen molar-refractivity contribution in [1.82, 2.24) is 5.32 Å². The van der Waals surface area contributed by atoms with Crippen LogP contribution in [0.25, 0.3) is 0 Å². The van der Waals surface area contributed by atoms with Crippen LogP contribution in [0, 0.1) is 0 Å². The van der Waals surface area contributed by atoms with Gasteiger partial charge in [-0.05, 0) is 103 Å². The van der Waals surface area contributed by atoms with Crippen LogP contribution in [-0.4, -0.2) is 34.9 Å². The Kier molecular flexibility index (Phi) is 42.1. The monoisotopic (exact) mass is 756 g/mol. The summed E-state index contributed by atoms with van der Waals surface area (Å²) in [5.41, 5.74) is 0. The van der Waals surface area contributed by atoms with E-state index >= 15 is 0 Å². The minimum absolute atomic E-state index is 0.115. The van der Waals surface area contributed by atoms with Gasteiger partial charge in [-0.25, -0.2) is 0 Å². The van der Waals surface area contributed by atoms with Crippen molar-refractivity contribution < 1.29 is 15.0 Å². The largest absolute Gasteiger partial charge is 0.394 e. The minimum Gasteiger partial charge on any atom is -0.394 e. The van der Waals surface area contributed by atoms with Gasteiger partial charge in [0.15, 0.2) is 0 Å². The van der Waals surface area contributed by atoms with E-state index in [0.717, 1.165) is 103 Å². The van der Waals surface area contributed by atoms with Crippen molar-refractivity contribution in [2.45, 2.75) is 174 Å². The lowest BCUT2D eigenvalue weighted by molar-refractivity contribution is -0.123. The summed E-state index contributed by atoms with van der Waals surface area (Å²) in [6, 6.07) is -0.666. The Morgan fingerprint density at radius 3 is 1.27 bits per heavy atom. The molecule has 0 aromatic carbocycles. The number of unbranched alkanes of at least 4 members (excludes halogenated alkanes) is 10. The molecule has 4 nitrogen and oxygen atoms in total. The molecule has 0 saturated heterocycles. The Labute approximate surface area is 339 Å². The van der Waals surface area contributed by atoms with Gasteiger partial charge in [-0.15, -0.1) is 0 Å². The Balaban J connectivity index is 3.78. The Bertz CT molecular complexity index is 1180. The van der Waals surface area contributed by atoms with Gasteiger partial charge in [0, 0.05) is 6.42 Å². The fourth-order valence-corrected chi connectivity index (χ4v) is 5.54. The highest BCUT2D eigenvalue weighted by Crippen LogP contribution is 2.09. The zero-order chi connectivity index (χ0) is 40.0. The number of carbonyl (C=O) groups is 1. The van der Waals surface area contributed by atoms with Gasteiger partial charge in [0.05, 0.1) is 18.8 Å². The molecule has 0 aliphatic carbocycles. The van der Waals surface area contributed by atoms with E-state index in [1.807, 2.05) is 6.08 Å². The normalized spacial score (nSPS) is 14.3. The number of rotatable bonds is 37. The lowest BCUT2D eigenvalue weighted by atomic mass is 10.1. The Hall–Kier alpha value is -3.47. The van der Waals surface area contributed by atoms with Crippen LogP contribution >= 0.6 is 0 Å². The van der Waals surface area contributed by atoms with E-state index < -0.39 is 12.1 Å². The Morgan fingerprint density at radius 1 is 0.455 bits per heavy atom. The molecule has 0 radical (unpaired) electrons. The number of allylic oxidation sites excluding steroid dienone is 21. The molecule has 308 valence electrons. The second-order valence-electron chi connectivity index (χ2n) is 14.0. The summed E-state index contributed by atoms with van der Waals surface area (Å²) in [5.74, 6) is -0.115. The van der Waals surface area contributed by atoms with Gasteiger partial charge >= 0.3 is 0 Å². The maximum absolute atomic E-state index is 12.3. The fraction of sp³-hybridized carbons (Fsp3) is 0.549. The van der Waals surface area contributed by atoms with Crippen molar-refractivity contribution in [3.05, 3.63) is 134 Å². The predicted octanol–water partition coefficient (Wildman–Crippen LogP) is 14.0. The van der Waals surface area contributed by atoms with E-state index in [2.05, 4.69) is 141 Å². The number of aliphatic hydroxyl groups excluding tert-OH is 2. The van der Waals surface area contributed by atoms with Crippen LogP contribution in [0.2, 0.25) is 0 Å². The molecule has 55 heavy (non-hydrogen) atoms. The van der Waals surface area contributed by atoms with Gasteiger partial charge in [-0.1, -0.05) is 186 Å². The molecule has 3 N–H and O–H groups in total. The predicted molar refractivity (Wildman–Crippen MR) is 243 cm³/mol. The lowest BCUT2D eigenvalue weighted by Crippen LogP contribution is -2.45. The van der Waals surface area contributed by atoms with Crippen LogP contribution in [0.15, 0.2) is 134 Å². The molecule has 0 rings (SSSR count). The molecule has 2 atom stereocenters. The van der Waals surface area contributed by atoms with Crippen molar-refractivity contribution in [2.24, 2.45) is 0 Å². The van der Waals surface area contributed by atoms with Crippen molar-refractivity contribution in [2.75, 3.05) is 6.61 Å². The summed E-state index contributed by atoms with van der Waals surface area (Å²) in [6.45, 7) is 4.12. The van der Waals surface area contributed by atoms with Gasteiger partial charge < -0.3 is 15.5 Å². The minimum atomic E-state index is -0.885. The fourth-order valence-electron chi connectivity index (χ4n) is 5.54. The summed E-state index contributed by atoms with van der Waals surface area (Å²) in [7, 11) is 0. The van der Waals surface area contributed by atoms with Crippen LogP contribution in [0.1, 0.15) is 162 Å². The van der Waals surface area contributed by atoms with Gasteiger partial charge in [-0.3, -0.25) is 4.79 Å². The molecule has 0 heterocycles. The molecule has 0 saturated carbocycles. The second kappa shape index (κ2) is 44.9. The van der Waals surface area contributed by atoms with Crippen LogP contribution in [-0.2, 0) is 4.79 Å². The maximum atomic E-state index is 12.3. The first kappa shape index (κ1) is 51.5. The van der Waals surface area contributed by atoms with E-state index in [0.29, 0.717) is 6.42 Å². The molecule has 4 heteroatoms. The number of hydrogen-bond donors (Lipinski definition) is 3. The third-order valence-electron chi connectivity index (χ3n) is 8.87. The van der Waals surface area contributed by atoms with E-state index in [1.54, 1.807) is 6.08 Å². The molecular formula is C51H81NO3.